The SMILES string of the molecule is O=C(Nc1cccc(Br)c1)c1ccc(NC(=O)[C@@H]2COc3ccccc3O2)cc1. The fourth-order valence-corrected chi connectivity index (χ4v) is 3.25. The standard InChI is InChI=1S/C22H17BrN2O4/c23-15-4-3-5-17(12-15)25-21(26)14-8-10-16(11-9-14)24-22(27)20-13-28-18-6-1-2-7-19(18)29-20/h1-12,20H,13H2,(H,24,27)(H,25,26)/t20-/m0/s1. The van der Waals surface area contributed by atoms with Gasteiger partial charge in [0.2, 0.25) is 6.10 Å². The van der Waals surface area contributed by atoms with E-state index in [9.17, 15) is 9.59 Å². The van der Waals surface area contributed by atoms with Gasteiger partial charge in [0.25, 0.3) is 11.8 Å². The van der Waals surface area contributed by atoms with Gasteiger partial charge in [-0.3, -0.25) is 9.59 Å². The molecule has 6 nitrogen and oxygen atoms in total. The lowest BCUT2D eigenvalue weighted by molar-refractivity contribution is -0.125. The number of benzene rings is 3. The molecule has 4 rings (SSSR count). The van der Waals surface area contributed by atoms with Crippen LogP contribution in [0.2, 0.25) is 0 Å². The fourth-order valence-electron chi connectivity index (χ4n) is 2.85. The molecule has 3 aromatic rings. The first kappa shape index (κ1) is 19.0. The number of ether oxygens (including phenoxy) is 2. The minimum absolute atomic E-state index is 0.135. The lowest BCUT2D eigenvalue weighted by Gasteiger charge is -2.25. The summed E-state index contributed by atoms with van der Waals surface area (Å²) in [6.45, 7) is 0.135. The van der Waals surface area contributed by atoms with Crippen molar-refractivity contribution in [3.63, 3.8) is 0 Å². The molecule has 2 N–H and O–H groups in total. The van der Waals surface area contributed by atoms with E-state index < -0.39 is 6.10 Å². The van der Waals surface area contributed by atoms with Crippen LogP contribution in [0.1, 0.15) is 10.4 Å². The van der Waals surface area contributed by atoms with Crippen molar-refractivity contribution < 1.29 is 19.1 Å². The number of carbonyl (C=O) groups is 2. The van der Waals surface area contributed by atoms with Crippen LogP contribution >= 0.6 is 15.9 Å². The van der Waals surface area contributed by atoms with E-state index in [4.69, 9.17) is 9.47 Å². The first-order valence-electron chi connectivity index (χ1n) is 8.95. The average Bonchev–Trinajstić information content (AvgIpc) is 2.74. The number of amides is 2. The highest BCUT2D eigenvalue weighted by atomic mass is 79.9. The van der Waals surface area contributed by atoms with E-state index in [-0.39, 0.29) is 18.4 Å². The van der Waals surface area contributed by atoms with Crippen LogP contribution in [0.4, 0.5) is 11.4 Å². The Morgan fingerprint density at radius 3 is 2.38 bits per heavy atom. The predicted molar refractivity (Wildman–Crippen MR) is 114 cm³/mol. The minimum Gasteiger partial charge on any atom is -0.485 e. The van der Waals surface area contributed by atoms with E-state index in [1.165, 1.54) is 0 Å². The van der Waals surface area contributed by atoms with Crippen LogP contribution in [0.15, 0.2) is 77.3 Å². The Kier molecular flexibility index (Phi) is 5.48. The maximum Gasteiger partial charge on any atom is 0.269 e. The lowest BCUT2D eigenvalue weighted by atomic mass is 10.2. The number of carbonyl (C=O) groups excluding carboxylic acids is 2. The fraction of sp³-hybridized carbons (Fsp3) is 0.0909. The van der Waals surface area contributed by atoms with Gasteiger partial charge >= 0.3 is 0 Å². The predicted octanol–water partition coefficient (Wildman–Crippen LogP) is 4.48. The number of para-hydroxylation sites is 2. The molecule has 0 radical (unpaired) electrons. The Balaban J connectivity index is 1.37. The van der Waals surface area contributed by atoms with Crippen molar-refractivity contribution in [2.24, 2.45) is 0 Å². The van der Waals surface area contributed by atoms with Gasteiger partial charge in [0.15, 0.2) is 11.5 Å². The number of anilines is 2. The average molecular weight is 453 g/mol. The molecule has 1 aliphatic rings. The summed E-state index contributed by atoms with van der Waals surface area (Å²) in [7, 11) is 0. The molecule has 7 heteroatoms. The first-order chi connectivity index (χ1) is 14.1. The van der Waals surface area contributed by atoms with Crippen molar-refractivity contribution in [2.45, 2.75) is 6.10 Å². The van der Waals surface area contributed by atoms with Crippen LogP contribution < -0.4 is 20.1 Å². The monoisotopic (exact) mass is 452 g/mol. The molecule has 0 bridgehead atoms. The second kappa shape index (κ2) is 8.36. The molecule has 1 atom stereocenters. The molecule has 0 fully saturated rings. The molecule has 0 saturated carbocycles. The number of nitrogens with one attached hydrogen (secondary N) is 2. The van der Waals surface area contributed by atoms with E-state index in [2.05, 4.69) is 26.6 Å². The number of halogens is 1. The summed E-state index contributed by atoms with van der Waals surface area (Å²) in [6.07, 6.45) is -0.746. The third-order valence-electron chi connectivity index (χ3n) is 4.30. The highest BCUT2D eigenvalue weighted by Crippen LogP contribution is 2.31. The smallest absolute Gasteiger partial charge is 0.269 e. The van der Waals surface area contributed by atoms with Crippen molar-refractivity contribution in [2.75, 3.05) is 17.2 Å². The number of fused-ring (bicyclic) bond motifs is 1. The highest BCUT2D eigenvalue weighted by Gasteiger charge is 2.27. The van der Waals surface area contributed by atoms with Gasteiger partial charge in [-0.2, -0.15) is 0 Å². The molecule has 1 heterocycles. The van der Waals surface area contributed by atoms with Crippen LogP contribution in [0.3, 0.4) is 0 Å². The Labute approximate surface area is 176 Å². The van der Waals surface area contributed by atoms with Gasteiger partial charge in [-0.1, -0.05) is 34.1 Å². The number of hydrogen-bond acceptors (Lipinski definition) is 4. The Morgan fingerprint density at radius 2 is 1.62 bits per heavy atom. The highest BCUT2D eigenvalue weighted by molar-refractivity contribution is 9.10. The third-order valence-corrected chi connectivity index (χ3v) is 4.79. The van der Waals surface area contributed by atoms with Crippen LogP contribution in [-0.4, -0.2) is 24.5 Å². The zero-order valence-corrected chi connectivity index (χ0v) is 16.8. The molecule has 146 valence electrons. The molecular formula is C22H17BrN2O4. The summed E-state index contributed by atoms with van der Waals surface area (Å²) >= 11 is 3.37. The molecule has 1 aliphatic heterocycles. The molecule has 2 amide bonds. The molecule has 0 aliphatic carbocycles. The van der Waals surface area contributed by atoms with Crippen molar-refractivity contribution in [3.05, 3.63) is 82.8 Å². The summed E-state index contributed by atoms with van der Waals surface area (Å²) < 4.78 is 12.1. The summed E-state index contributed by atoms with van der Waals surface area (Å²) in [5.74, 6) is 0.614. The van der Waals surface area contributed by atoms with E-state index in [1.54, 1.807) is 36.4 Å². The maximum absolute atomic E-state index is 12.5. The van der Waals surface area contributed by atoms with Gasteiger partial charge in [-0.25, -0.2) is 0 Å². The van der Waals surface area contributed by atoms with Crippen molar-refractivity contribution in [1.29, 1.82) is 0 Å². The van der Waals surface area contributed by atoms with Crippen molar-refractivity contribution >= 4 is 39.1 Å². The van der Waals surface area contributed by atoms with Gasteiger partial charge in [0.1, 0.15) is 6.61 Å². The summed E-state index contributed by atoms with van der Waals surface area (Å²) in [6, 6.07) is 21.2. The lowest BCUT2D eigenvalue weighted by Crippen LogP contribution is -2.40. The number of hydrogen-bond donors (Lipinski definition) is 2. The van der Waals surface area contributed by atoms with E-state index in [1.807, 2.05) is 36.4 Å². The Hall–Kier alpha value is -3.32. The Bertz CT molecular complexity index is 1050. The number of rotatable bonds is 4. The molecular weight excluding hydrogens is 436 g/mol. The van der Waals surface area contributed by atoms with Gasteiger partial charge in [0, 0.05) is 21.4 Å². The van der Waals surface area contributed by atoms with Crippen LogP contribution in [0, 0.1) is 0 Å². The summed E-state index contributed by atoms with van der Waals surface area (Å²) in [5, 5.41) is 5.61. The van der Waals surface area contributed by atoms with Crippen molar-refractivity contribution in [1.82, 2.24) is 0 Å². The first-order valence-corrected chi connectivity index (χ1v) is 9.74. The quantitative estimate of drug-likeness (QED) is 0.611. The molecule has 0 aromatic heterocycles. The summed E-state index contributed by atoms with van der Waals surface area (Å²) in [5.41, 5.74) is 1.74. The second-order valence-electron chi connectivity index (χ2n) is 6.40. The second-order valence-corrected chi connectivity index (χ2v) is 7.31. The minimum atomic E-state index is -0.746. The summed E-state index contributed by atoms with van der Waals surface area (Å²) in [4.78, 5) is 24.8. The van der Waals surface area contributed by atoms with Gasteiger partial charge in [-0.05, 0) is 54.6 Å². The van der Waals surface area contributed by atoms with Crippen LogP contribution in [-0.2, 0) is 4.79 Å². The van der Waals surface area contributed by atoms with Gasteiger partial charge in [0.05, 0.1) is 0 Å². The van der Waals surface area contributed by atoms with Crippen LogP contribution in [0.5, 0.6) is 11.5 Å². The zero-order chi connectivity index (χ0) is 20.2. The van der Waals surface area contributed by atoms with E-state index in [0.717, 1.165) is 4.47 Å². The molecule has 3 aromatic carbocycles. The van der Waals surface area contributed by atoms with E-state index >= 15 is 0 Å². The zero-order valence-electron chi connectivity index (χ0n) is 15.2. The maximum atomic E-state index is 12.5. The van der Waals surface area contributed by atoms with E-state index in [0.29, 0.717) is 28.4 Å². The third kappa shape index (κ3) is 4.57. The van der Waals surface area contributed by atoms with Crippen molar-refractivity contribution in [3.8, 4) is 11.5 Å². The molecule has 0 spiro atoms. The van der Waals surface area contributed by atoms with Gasteiger partial charge < -0.3 is 20.1 Å². The van der Waals surface area contributed by atoms with Crippen LogP contribution in [0.25, 0.3) is 0 Å². The van der Waals surface area contributed by atoms with Gasteiger partial charge in [-0.15, -0.1) is 0 Å². The Morgan fingerprint density at radius 1 is 0.862 bits per heavy atom. The molecule has 0 saturated heterocycles. The normalized spacial score (nSPS) is 14.7. The molecule has 29 heavy (non-hydrogen) atoms. The largest absolute Gasteiger partial charge is 0.485 e. The topological polar surface area (TPSA) is 76.7 Å². The molecule has 0 unspecified atom stereocenters.